The fourth-order valence-corrected chi connectivity index (χ4v) is 3.17. The Morgan fingerprint density at radius 1 is 1.24 bits per heavy atom. The molecule has 1 heterocycles. The van der Waals surface area contributed by atoms with E-state index in [4.69, 9.17) is 4.74 Å². The van der Waals surface area contributed by atoms with Gasteiger partial charge in [-0.2, -0.15) is 0 Å². The van der Waals surface area contributed by atoms with Gasteiger partial charge in [0.2, 0.25) is 10.0 Å². The standard InChI is InChI=1S/C15H24N2O3S/c1-3-13(12-17-8-10-20-11-9-17)14-4-6-15(7-5-14)16-21(2,18)19/h4-7,13,16H,3,8-12H2,1-2H3. The molecule has 0 aliphatic carbocycles. The van der Waals surface area contributed by atoms with E-state index in [2.05, 4.69) is 16.5 Å². The molecule has 0 amide bonds. The molecule has 1 fully saturated rings. The minimum Gasteiger partial charge on any atom is -0.379 e. The van der Waals surface area contributed by atoms with Gasteiger partial charge in [0, 0.05) is 25.3 Å². The quantitative estimate of drug-likeness (QED) is 0.871. The first-order valence-electron chi connectivity index (χ1n) is 7.36. The zero-order valence-electron chi connectivity index (χ0n) is 12.7. The van der Waals surface area contributed by atoms with Crippen LogP contribution in [0.15, 0.2) is 24.3 Å². The van der Waals surface area contributed by atoms with Crippen molar-refractivity contribution in [3.63, 3.8) is 0 Å². The van der Waals surface area contributed by atoms with E-state index in [1.807, 2.05) is 24.3 Å². The second kappa shape index (κ2) is 7.24. The molecule has 0 bridgehead atoms. The van der Waals surface area contributed by atoms with Gasteiger partial charge in [-0.25, -0.2) is 8.42 Å². The highest BCUT2D eigenvalue weighted by atomic mass is 32.2. The van der Waals surface area contributed by atoms with E-state index in [9.17, 15) is 8.42 Å². The van der Waals surface area contributed by atoms with Gasteiger partial charge in [0.25, 0.3) is 0 Å². The first kappa shape index (κ1) is 16.3. The van der Waals surface area contributed by atoms with Gasteiger partial charge in [-0.3, -0.25) is 9.62 Å². The van der Waals surface area contributed by atoms with Crippen molar-refractivity contribution in [2.75, 3.05) is 43.8 Å². The predicted molar refractivity (Wildman–Crippen MR) is 85.2 cm³/mol. The van der Waals surface area contributed by atoms with Gasteiger partial charge >= 0.3 is 0 Å². The molecule has 0 saturated carbocycles. The molecular formula is C15H24N2O3S. The molecule has 1 N–H and O–H groups in total. The van der Waals surface area contributed by atoms with Crippen molar-refractivity contribution >= 4 is 15.7 Å². The van der Waals surface area contributed by atoms with Crippen LogP contribution in [0.4, 0.5) is 5.69 Å². The van der Waals surface area contributed by atoms with Gasteiger partial charge in [0.1, 0.15) is 0 Å². The molecule has 2 rings (SSSR count). The van der Waals surface area contributed by atoms with Crippen LogP contribution in [-0.4, -0.2) is 52.4 Å². The molecule has 0 aromatic heterocycles. The van der Waals surface area contributed by atoms with Crippen LogP contribution in [0.25, 0.3) is 0 Å². The van der Waals surface area contributed by atoms with Crippen molar-refractivity contribution in [1.82, 2.24) is 4.90 Å². The Kier molecular flexibility index (Phi) is 5.61. The number of hydrogen-bond acceptors (Lipinski definition) is 4. The maximum Gasteiger partial charge on any atom is 0.229 e. The minimum absolute atomic E-state index is 0.468. The zero-order valence-corrected chi connectivity index (χ0v) is 13.5. The van der Waals surface area contributed by atoms with Gasteiger partial charge in [0.05, 0.1) is 19.5 Å². The van der Waals surface area contributed by atoms with Crippen LogP contribution in [0.2, 0.25) is 0 Å². The summed E-state index contributed by atoms with van der Waals surface area (Å²) in [6, 6.07) is 7.70. The summed E-state index contributed by atoms with van der Waals surface area (Å²) in [7, 11) is -3.21. The van der Waals surface area contributed by atoms with Crippen molar-refractivity contribution < 1.29 is 13.2 Å². The number of anilines is 1. The molecule has 6 heteroatoms. The average molecular weight is 312 g/mol. The molecule has 1 aromatic rings. The Balaban J connectivity index is 2.00. The molecule has 1 aliphatic heterocycles. The molecule has 5 nitrogen and oxygen atoms in total. The van der Waals surface area contributed by atoms with Crippen LogP contribution in [-0.2, 0) is 14.8 Å². The topological polar surface area (TPSA) is 58.6 Å². The van der Waals surface area contributed by atoms with E-state index >= 15 is 0 Å². The molecule has 21 heavy (non-hydrogen) atoms. The smallest absolute Gasteiger partial charge is 0.229 e. The predicted octanol–water partition coefficient (Wildman–Crippen LogP) is 1.88. The summed E-state index contributed by atoms with van der Waals surface area (Å²) in [6.45, 7) is 6.82. The SMILES string of the molecule is CCC(CN1CCOCC1)c1ccc(NS(C)(=O)=O)cc1. The van der Waals surface area contributed by atoms with Gasteiger partial charge in [-0.15, -0.1) is 0 Å². The highest BCUT2D eigenvalue weighted by Gasteiger charge is 2.17. The highest BCUT2D eigenvalue weighted by Crippen LogP contribution is 2.23. The van der Waals surface area contributed by atoms with Crippen molar-refractivity contribution in [2.24, 2.45) is 0 Å². The number of morpholine rings is 1. The molecular weight excluding hydrogens is 288 g/mol. The Labute approximate surface area is 127 Å². The van der Waals surface area contributed by atoms with Crippen LogP contribution < -0.4 is 4.72 Å². The lowest BCUT2D eigenvalue weighted by atomic mass is 9.95. The monoisotopic (exact) mass is 312 g/mol. The van der Waals surface area contributed by atoms with E-state index in [0.29, 0.717) is 11.6 Å². The molecule has 1 atom stereocenters. The van der Waals surface area contributed by atoms with E-state index in [1.54, 1.807) is 0 Å². The van der Waals surface area contributed by atoms with Gasteiger partial charge in [-0.05, 0) is 30.0 Å². The Hall–Kier alpha value is -1.11. The molecule has 1 saturated heterocycles. The fourth-order valence-electron chi connectivity index (χ4n) is 2.60. The second-order valence-electron chi connectivity index (χ2n) is 5.51. The van der Waals surface area contributed by atoms with E-state index in [-0.39, 0.29) is 0 Å². The molecule has 1 aliphatic rings. The number of nitrogens with one attached hydrogen (secondary N) is 1. The number of hydrogen-bond donors (Lipinski definition) is 1. The van der Waals surface area contributed by atoms with Crippen LogP contribution in [0.5, 0.6) is 0 Å². The Bertz CT molecular complexity index is 537. The maximum absolute atomic E-state index is 11.2. The van der Waals surface area contributed by atoms with E-state index in [1.165, 1.54) is 5.56 Å². The third-order valence-electron chi connectivity index (χ3n) is 3.76. The summed E-state index contributed by atoms with van der Waals surface area (Å²) in [5.41, 5.74) is 1.87. The van der Waals surface area contributed by atoms with E-state index < -0.39 is 10.0 Å². The Morgan fingerprint density at radius 2 is 1.86 bits per heavy atom. The number of ether oxygens (including phenoxy) is 1. The molecule has 118 valence electrons. The lowest BCUT2D eigenvalue weighted by molar-refractivity contribution is 0.0348. The normalized spacial score (nSPS) is 18.4. The highest BCUT2D eigenvalue weighted by molar-refractivity contribution is 7.92. The zero-order chi connectivity index (χ0) is 15.3. The molecule has 1 unspecified atom stereocenters. The largest absolute Gasteiger partial charge is 0.379 e. The summed E-state index contributed by atoms with van der Waals surface area (Å²) in [5, 5.41) is 0. The van der Waals surface area contributed by atoms with Gasteiger partial charge < -0.3 is 4.74 Å². The Morgan fingerprint density at radius 3 is 2.38 bits per heavy atom. The third-order valence-corrected chi connectivity index (χ3v) is 4.37. The first-order chi connectivity index (χ1) is 9.98. The molecule has 0 spiro atoms. The maximum atomic E-state index is 11.2. The van der Waals surface area contributed by atoms with E-state index in [0.717, 1.165) is 45.5 Å². The number of rotatable bonds is 6. The summed E-state index contributed by atoms with van der Waals surface area (Å²) in [5.74, 6) is 0.468. The van der Waals surface area contributed by atoms with Crippen LogP contribution in [0, 0.1) is 0 Å². The van der Waals surface area contributed by atoms with Crippen molar-refractivity contribution in [3.8, 4) is 0 Å². The van der Waals surface area contributed by atoms with Crippen molar-refractivity contribution in [3.05, 3.63) is 29.8 Å². The fraction of sp³-hybridized carbons (Fsp3) is 0.600. The van der Waals surface area contributed by atoms with Crippen LogP contribution in [0.3, 0.4) is 0 Å². The second-order valence-corrected chi connectivity index (χ2v) is 7.26. The summed E-state index contributed by atoms with van der Waals surface area (Å²) in [4.78, 5) is 2.43. The van der Waals surface area contributed by atoms with Gasteiger partial charge in [0.15, 0.2) is 0 Å². The third kappa shape index (κ3) is 5.30. The first-order valence-corrected chi connectivity index (χ1v) is 9.25. The summed E-state index contributed by atoms with van der Waals surface area (Å²) in [6.07, 6.45) is 2.23. The van der Waals surface area contributed by atoms with Crippen molar-refractivity contribution in [2.45, 2.75) is 19.3 Å². The van der Waals surface area contributed by atoms with Crippen molar-refractivity contribution in [1.29, 1.82) is 0 Å². The molecule has 1 aromatic carbocycles. The number of benzene rings is 1. The number of sulfonamides is 1. The lowest BCUT2D eigenvalue weighted by Gasteiger charge is -2.30. The van der Waals surface area contributed by atoms with Crippen LogP contribution in [0.1, 0.15) is 24.8 Å². The summed E-state index contributed by atoms with van der Waals surface area (Å²) >= 11 is 0. The van der Waals surface area contributed by atoms with Gasteiger partial charge in [-0.1, -0.05) is 19.1 Å². The minimum atomic E-state index is -3.21. The average Bonchev–Trinajstić information content (AvgIpc) is 2.45. The lowest BCUT2D eigenvalue weighted by Crippen LogP contribution is -2.38. The van der Waals surface area contributed by atoms with Crippen LogP contribution >= 0.6 is 0 Å². The summed E-state index contributed by atoms with van der Waals surface area (Å²) < 4.78 is 30.3. The number of nitrogens with zero attached hydrogens (tertiary/aromatic N) is 1. The molecule has 0 radical (unpaired) electrons.